The maximum Gasteiger partial charge on any atom is 0.266 e. The number of aromatic amines is 1. The molecule has 3 aromatic rings. The van der Waals surface area contributed by atoms with Crippen LogP contribution in [0.5, 0.6) is 0 Å². The average Bonchev–Trinajstić information content (AvgIpc) is 3.15. The maximum absolute atomic E-state index is 13.8. The fourth-order valence-corrected chi connectivity index (χ4v) is 4.50. The van der Waals surface area contributed by atoms with Crippen LogP contribution in [0.25, 0.3) is 22.2 Å². The van der Waals surface area contributed by atoms with Crippen LogP contribution in [0.15, 0.2) is 47.4 Å². The van der Waals surface area contributed by atoms with Gasteiger partial charge in [0.1, 0.15) is 0 Å². The van der Waals surface area contributed by atoms with E-state index in [0.717, 1.165) is 38.5 Å². The van der Waals surface area contributed by atoms with Gasteiger partial charge in [0.25, 0.3) is 5.92 Å². The molecule has 0 unspecified atom stereocenters. The summed E-state index contributed by atoms with van der Waals surface area (Å²) >= 11 is 8.38. The Labute approximate surface area is 160 Å². The number of nitrogens with one attached hydrogen (secondary N) is 1. The Morgan fingerprint density at radius 2 is 2.04 bits per heavy atom. The van der Waals surface area contributed by atoms with E-state index in [0.29, 0.717) is 11.6 Å². The van der Waals surface area contributed by atoms with Crippen LogP contribution in [-0.4, -0.2) is 29.7 Å². The van der Waals surface area contributed by atoms with Crippen LogP contribution in [0.4, 0.5) is 14.5 Å². The van der Waals surface area contributed by atoms with Gasteiger partial charge in [-0.25, -0.2) is 8.78 Å². The molecule has 0 bridgehead atoms. The molecule has 1 fully saturated rings. The Morgan fingerprint density at radius 1 is 1.23 bits per heavy atom. The van der Waals surface area contributed by atoms with Gasteiger partial charge in [0.2, 0.25) is 0 Å². The van der Waals surface area contributed by atoms with Crippen LogP contribution in [0.1, 0.15) is 13.3 Å². The molecule has 26 heavy (non-hydrogen) atoms. The third-order valence-corrected chi connectivity index (χ3v) is 5.97. The van der Waals surface area contributed by atoms with E-state index in [9.17, 15) is 8.78 Å². The number of benzene rings is 2. The van der Waals surface area contributed by atoms with Crippen LogP contribution in [0.3, 0.4) is 0 Å². The predicted molar refractivity (Wildman–Crippen MR) is 107 cm³/mol. The molecule has 0 amide bonds. The molecule has 1 aliphatic rings. The lowest BCUT2D eigenvalue weighted by Crippen LogP contribution is -2.25. The first-order valence-corrected chi connectivity index (χ1v) is 10.0. The molecule has 2 nitrogen and oxygen atoms in total. The van der Waals surface area contributed by atoms with E-state index in [-0.39, 0.29) is 13.0 Å². The molecule has 2 aromatic carbocycles. The van der Waals surface area contributed by atoms with Crippen LogP contribution >= 0.6 is 23.4 Å². The second-order valence-corrected chi connectivity index (χ2v) is 8.21. The number of rotatable bonds is 4. The highest BCUT2D eigenvalue weighted by Crippen LogP contribution is 2.42. The van der Waals surface area contributed by atoms with Gasteiger partial charge >= 0.3 is 0 Å². The minimum atomic E-state index is -2.64. The summed E-state index contributed by atoms with van der Waals surface area (Å²) in [6, 6.07) is 13.8. The summed E-state index contributed by atoms with van der Waals surface area (Å²) in [6.45, 7) is 2.19. The topological polar surface area (TPSA) is 19.0 Å². The van der Waals surface area contributed by atoms with Gasteiger partial charge in [-0.1, -0.05) is 36.7 Å². The summed E-state index contributed by atoms with van der Waals surface area (Å²) in [5.74, 6) is -1.70. The largest absolute Gasteiger partial charge is 0.365 e. The van der Waals surface area contributed by atoms with Crippen molar-refractivity contribution in [2.75, 3.05) is 23.7 Å². The Morgan fingerprint density at radius 3 is 2.73 bits per heavy atom. The monoisotopic (exact) mass is 392 g/mol. The summed E-state index contributed by atoms with van der Waals surface area (Å²) < 4.78 is 27.6. The summed E-state index contributed by atoms with van der Waals surface area (Å²) in [6.07, 6.45) is -0.113. The van der Waals surface area contributed by atoms with Crippen molar-refractivity contribution in [3.05, 3.63) is 47.5 Å². The minimum absolute atomic E-state index is 0.113. The van der Waals surface area contributed by atoms with Gasteiger partial charge in [0.15, 0.2) is 0 Å². The molecule has 2 heterocycles. The van der Waals surface area contributed by atoms with Crippen molar-refractivity contribution >= 4 is 40.0 Å². The molecular formula is C20H19ClF2N2S. The van der Waals surface area contributed by atoms with Gasteiger partial charge in [0, 0.05) is 40.0 Å². The Balaban J connectivity index is 1.86. The van der Waals surface area contributed by atoms with Crippen molar-refractivity contribution in [3.8, 4) is 11.3 Å². The predicted octanol–water partition coefficient (Wildman–Crippen LogP) is 6.45. The number of thioether (sulfide) groups is 1. The molecule has 0 spiro atoms. The smallest absolute Gasteiger partial charge is 0.266 e. The van der Waals surface area contributed by atoms with E-state index in [1.807, 2.05) is 36.4 Å². The number of hydrogen-bond donors (Lipinski definition) is 1. The Bertz CT molecular complexity index is 954. The third kappa shape index (κ3) is 3.19. The van der Waals surface area contributed by atoms with Gasteiger partial charge in [-0.05, 0) is 30.0 Å². The molecule has 1 aliphatic heterocycles. The van der Waals surface area contributed by atoms with Gasteiger partial charge in [-0.2, -0.15) is 0 Å². The highest BCUT2D eigenvalue weighted by molar-refractivity contribution is 7.99. The fraction of sp³-hybridized carbons (Fsp3) is 0.300. The van der Waals surface area contributed by atoms with Crippen LogP contribution < -0.4 is 4.90 Å². The minimum Gasteiger partial charge on any atom is -0.365 e. The fourth-order valence-electron chi connectivity index (χ4n) is 3.48. The zero-order valence-corrected chi connectivity index (χ0v) is 15.9. The number of halogens is 3. The maximum atomic E-state index is 13.8. The third-order valence-electron chi connectivity index (χ3n) is 4.70. The highest BCUT2D eigenvalue weighted by atomic mass is 35.5. The van der Waals surface area contributed by atoms with E-state index in [2.05, 4.69) is 18.0 Å². The van der Waals surface area contributed by atoms with E-state index in [4.69, 9.17) is 11.6 Å². The van der Waals surface area contributed by atoms with Crippen molar-refractivity contribution in [2.45, 2.75) is 24.2 Å². The number of aromatic nitrogens is 1. The van der Waals surface area contributed by atoms with Crippen molar-refractivity contribution < 1.29 is 8.78 Å². The van der Waals surface area contributed by atoms with E-state index in [1.165, 1.54) is 0 Å². The number of nitrogens with zero attached hydrogens (tertiary/aromatic N) is 1. The van der Waals surface area contributed by atoms with E-state index in [1.54, 1.807) is 16.7 Å². The normalized spacial score (nSPS) is 16.5. The lowest BCUT2D eigenvalue weighted by molar-refractivity contribution is 0.0257. The van der Waals surface area contributed by atoms with Gasteiger partial charge in [-0.15, -0.1) is 11.8 Å². The lowest BCUT2D eigenvalue weighted by Gasteiger charge is -2.22. The quantitative estimate of drug-likeness (QED) is 0.515. The molecule has 1 aromatic heterocycles. The van der Waals surface area contributed by atoms with Crippen molar-refractivity contribution in [3.63, 3.8) is 0 Å². The SMILES string of the molecule is CCSc1ccc(N2CCC(F)(F)C2)c(-c2[nH]c3ccccc3c2Cl)c1. The Kier molecular flexibility index (Phi) is 4.61. The molecule has 0 radical (unpaired) electrons. The molecule has 1 saturated heterocycles. The second kappa shape index (κ2) is 6.78. The standard InChI is InChI=1S/C20H19ClF2N2S/c1-2-26-13-7-8-17(25-10-9-20(22,23)12-25)15(11-13)19-18(21)14-5-3-4-6-16(14)24-19/h3-8,11,24H,2,9-10,12H2,1H3. The summed E-state index contributed by atoms with van der Waals surface area (Å²) in [5.41, 5.74) is 3.41. The zero-order chi connectivity index (χ0) is 18.3. The summed E-state index contributed by atoms with van der Waals surface area (Å²) in [5, 5.41) is 1.57. The number of anilines is 1. The number of hydrogen-bond acceptors (Lipinski definition) is 2. The lowest BCUT2D eigenvalue weighted by atomic mass is 10.1. The van der Waals surface area contributed by atoms with E-state index >= 15 is 0 Å². The summed E-state index contributed by atoms with van der Waals surface area (Å²) in [4.78, 5) is 6.24. The molecule has 6 heteroatoms. The first-order chi connectivity index (χ1) is 12.5. The van der Waals surface area contributed by atoms with Crippen molar-refractivity contribution in [2.24, 2.45) is 0 Å². The molecule has 136 valence electrons. The molecule has 0 atom stereocenters. The average molecular weight is 393 g/mol. The van der Waals surface area contributed by atoms with Crippen molar-refractivity contribution in [1.82, 2.24) is 4.98 Å². The zero-order valence-electron chi connectivity index (χ0n) is 14.4. The molecule has 0 saturated carbocycles. The Hall–Kier alpha value is -1.72. The van der Waals surface area contributed by atoms with Crippen molar-refractivity contribution in [1.29, 1.82) is 0 Å². The highest BCUT2D eigenvalue weighted by Gasteiger charge is 2.39. The van der Waals surface area contributed by atoms with Crippen LogP contribution in [0, 0.1) is 0 Å². The first kappa shape index (κ1) is 17.7. The van der Waals surface area contributed by atoms with Gasteiger partial charge < -0.3 is 9.88 Å². The molecule has 0 aliphatic carbocycles. The number of alkyl halides is 2. The molecular weight excluding hydrogens is 374 g/mol. The van der Waals surface area contributed by atoms with Crippen LogP contribution in [0.2, 0.25) is 5.02 Å². The number of para-hydroxylation sites is 1. The van der Waals surface area contributed by atoms with E-state index < -0.39 is 5.92 Å². The van der Waals surface area contributed by atoms with Crippen LogP contribution in [-0.2, 0) is 0 Å². The summed E-state index contributed by atoms with van der Waals surface area (Å²) in [7, 11) is 0. The second-order valence-electron chi connectivity index (χ2n) is 6.50. The molecule has 4 rings (SSSR count). The van der Waals surface area contributed by atoms with Gasteiger partial charge in [0.05, 0.1) is 17.3 Å². The first-order valence-electron chi connectivity index (χ1n) is 8.65. The number of fused-ring (bicyclic) bond motifs is 1. The molecule has 1 N–H and O–H groups in total. The number of H-pyrrole nitrogens is 1. The van der Waals surface area contributed by atoms with Gasteiger partial charge in [-0.3, -0.25) is 0 Å².